The Morgan fingerprint density at radius 3 is 2.58 bits per heavy atom. The first-order valence-corrected chi connectivity index (χ1v) is 11.5. The van der Waals surface area contributed by atoms with Gasteiger partial charge in [-0.3, -0.25) is 14.8 Å². The lowest BCUT2D eigenvalue weighted by Crippen LogP contribution is -2.54. The molecular weight excluding hydrogens is 500 g/mol. The zero-order chi connectivity index (χ0) is 27.1. The summed E-state index contributed by atoms with van der Waals surface area (Å²) in [5, 5.41) is 11.6. The van der Waals surface area contributed by atoms with E-state index in [9.17, 15) is 24.0 Å². The molecule has 11 nitrogen and oxygen atoms in total. The van der Waals surface area contributed by atoms with Crippen molar-refractivity contribution in [3.8, 4) is 5.69 Å². The van der Waals surface area contributed by atoms with Crippen LogP contribution in [0.2, 0.25) is 0 Å². The number of hydrogen-bond donors (Lipinski definition) is 1. The van der Waals surface area contributed by atoms with Crippen molar-refractivity contribution in [3.63, 3.8) is 0 Å². The number of hydrogen-bond acceptors (Lipinski definition) is 9. The monoisotopic (exact) mass is 521 g/mol. The lowest BCUT2D eigenvalue weighted by atomic mass is 9.99. The lowest BCUT2D eigenvalue weighted by Gasteiger charge is -2.41. The molecule has 0 aromatic carbocycles. The Morgan fingerprint density at radius 1 is 1.18 bits per heavy atom. The van der Waals surface area contributed by atoms with Crippen LogP contribution in [0.25, 0.3) is 11.8 Å². The van der Waals surface area contributed by atoms with Gasteiger partial charge in [-0.05, 0) is 31.2 Å². The summed E-state index contributed by atoms with van der Waals surface area (Å²) >= 11 is 0. The van der Waals surface area contributed by atoms with Crippen LogP contribution >= 0.6 is 0 Å². The number of amides is 1. The number of rotatable bonds is 3. The molecule has 1 atom stereocenters. The largest absolute Gasteiger partial charge is 0.355 e. The van der Waals surface area contributed by atoms with Gasteiger partial charge in [0, 0.05) is 25.7 Å². The fourth-order valence-corrected chi connectivity index (χ4v) is 4.67. The van der Waals surface area contributed by atoms with Crippen LogP contribution in [0.3, 0.4) is 0 Å². The molecular formula is C25H21F2N7O4. The Morgan fingerprint density at radius 2 is 1.92 bits per heavy atom. The van der Waals surface area contributed by atoms with E-state index in [4.69, 9.17) is 0 Å². The normalized spacial score (nSPS) is 21.2. The third-order valence-corrected chi connectivity index (χ3v) is 6.40. The summed E-state index contributed by atoms with van der Waals surface area (Å²) in [6, 6.07) is -0.353. The van der Waals surface area contributed by atoms with E-state index in [1.807, 2.05) is 0 Å². The summed E-state index contributed by atoms with van der Waals surface area (Å²) in [4.78, 5) is 53.2. The molecule has 1 saturated heterocycles. The molecule has 194 valence electrons. The molecule has 1 amide bonds. The van der Waals surface area contributed by atoms with E-state index in [1.165, 1.54) is 30.9 Å². The van der Waals surface area contributed by atoms with Crippen LogP contribution in [-0.4, -0.2) is 67.0 Å². The van der Waals surface area contributed by atoms with Gasteiger partial charge in [-0.1, -0.05) is 12.7 Å². The number of allylic oxidation sites excluding steroid dienone is 6. The van der Waals surface area contributed by atoms with Crippen LogP contribution in [0.15, 0.2) is 77.3 Å². The number of nitrogens with zero attached hydrogens (tertiary/aromatic N) is 7. The predicted octanol–water partition coefficient (Wildman–Crippen LogP) is 2.01. The maximum absolute atomic E-state index is 15.6. The highest BCUT2D eigenvalue weighted by Crippen LogP contribution is 2.42. The number of anilines is 2. The van der Waals surface area contributed by atoms with Crippen molar-refractivity contribution in [2.75, 3.05) is 29.6 Å². The van der Waals surface area contributed by atoms with Gasteiger partial charge in [-0.2, -0.15) is 4.98 Å². The Bertz CT molecular complexity index is 1540. The zero-order valence-corrected chi connectivity index (χ0v) is 20.1. The van der Waals surface area contributed by atoms with E-state index >= 15 is 4.39 Å². The van der Waals surface area contributed by atoms with Gasteiger partial charge in [-0.25, -0.2) is 33.2 Å². The average molecular weight is 521 g/mol. The summed E-state index contributed by atoms with van der Waals surface area (Å²) in [5.41, 5.74) is -2.25. The Kier molecular flexibility index (Phi) is 6.28. The van der Waals surface area contributed by atoms with Gasteiger partial charge in [0.05, 0.1) is 29.2 Å². The lowest BCUT2D eigenvalue weighted by molar-refractivity contribution is -0.126. The SMILES string of the molecule is C=CC(=O)N1CCN(c2nc(=O)n(-c3cncnc3)c3c2C=C(F)/C(=C2/C(=O)C=CC=C2F)N3O)[C@@H](C)C1. The van der Waals surface area contributed by atoms with Crippen molar-refractivity contribution in [1.82, 2.24) is 24.4 Å². The molecule has 0 radical (unpaired) electrons. The first kappa shape index (κ1) is 24.9. The van der Waals surface area contributed by atoms with Gasteiger partial charge in [0.15, 0.2) is 17.4 Å². The number of halogens is 2. The number of fused-ring (bicyclic) bond motifs is 1. The molecule has 2 aromatic heterocycles. The highest BCUT2D eigenvalue weighted by Gasteiger charge is 2.37. The van der Waals surface area contributed by atoms with Crippen LogP contribution in [0, 0.1) is 0 Å². The van der Waals surface area contributed by atoms with Crippen LogP contribution in [-0.2, 0) is 9.59 Å². The number of ketones is 1. The van der Waals surface area contributed by atoms with Gasteiger partial charge in [-0.15, -0.1) is 0 Å². The van der Waals surface area contributed by atoms with Crippen molar-refractivity contribution < 1.29 is 23.6 Å². The first-order valence-electron chi connectivity index (χ1n) is 11.5. The highest BCUT2D eigenvalue weighted by molar-refractivity contribution is 6.10. The molecule has 1 fully saturated rings. The second-order valence-electron chi connectivity index (χ2n) is 8.68. The topological polar surface area (TPSA) is 125 Å². The number of carbonyl (C=O) groups is 2. The Hall–Kier alpha value is -4.78. The summed E-state index contributed by atoms with van der Waals surface area (Å²) in [5.74, 6) is -3.54. The Labute approximate surface area is 214 Å². The molecule has 2 aliphatic heterocycles. The molecule has 1 aliphatic carbocycles. The minimum atomic E-state index is -1.12. The second kappa shape index (κ2) is 9.59. The molecule has 4 heterocycles. The standard InChI is InChI=1S/C25H21F2N7O4/c1-3-20(36)31-7-8-32(14(2)12-31)23-16-9-18(27)22(21-17(26)5-4-6-19(21)35)34(38)24(16)33(25(37)30-23)15-10-28-13-29-11-15/h3-6,9-11,13-14,38H,1,7-8,12H2,2H3/b22-21-/t14-/m0/s1. The molecule has 13 heteroatoms. The van der Waals surface area contributed by atoms with Crippen molar-refractivity contribution in [1.29, 1.82) is 0 Å². The number of aromatic nitrogens is 4. The van der Waals surface area contributed by atoms with Gasteiger partial charge >= 0.3 is 5.69 Å². The molecule has 1 N–H and O–H groups in total. The summed E-state index contributed by atoms with van der Waals surface area (Å²) in [6.07, 6.45) is 9.14. The van der Waals surface area contributed by atoms with Gasteiger partial charge < -0.3 is 9.80 Å². The maximum Gasteiger partial charge on any atom is 0.355 e. The smallest absolute Gasteiger partial charge is 0.350 e. The van der Waals surface area contributed by atoms with E-state index in [0.717, 1.165) is 22.8 Å². The Balaban J connectivity index is 1.74. The fourth-order valence-electron chi connectivity index (χ4n) is 4.67. The molecule has 5 rings (SSSR count). The zero-order valence-electron chi connectivity index (χ0n) is 20.1. The minimum absolute atomic E-state index is 0.00339. The maximum atomic E-state index is 15.6. The van der Waals surface area contributed by atoms with Gasteiger partial charge in [0.25, 0.3) is 0 Å². The van der Waals surface area contributed by atoms with Crippen molar-refractivity contribution in [2.45, 2.75) is 13.0 Å². The van der Waals surface area contributed by atoms with Gasteiger partial charge in [0.1, 0.15) is 23.7 Å². The summed E-state index contributed by atoms with van der Waals surface area (Å²) in [7, 11) is 0. The van der Waals surface area contributed by atoms with E-state index in [-0.39, 0.29) is 59.5 Å². The molecule has 0 unspecified atom stereocenters. The van der Waals surface area contributed by atoms with Crippen LogP contribution in [0.5, 0.6) is 0 Å². The summed E-state index contributed by atoms with van der Waals surface area (Å²) in [6.45, 7) is 6.10. The molecule has 0 bridgehead atoms. The van der Waals surface area contributed by atoms with Crippen LogP contribution in [0.4, 0.5) is 20.4 Å². The van der Waals surface area contributed by atoms with Crippen molar-refractivity contribution >= 4 is 29.4 Å². The second-order valence-corrected chi connectivity index (χ2v) is 8.68. The number of carbonyl (C=O) groups excluding carboxylic acids is 2. The first-order chi connectivity index (χ1) is 18.2. The van der Waals surface area contributed by atoms with Crippen LogP contribution in [0.1, 0.15) is 12.5 Å². The summed E-state index contributed by atoms with van der Waals surface area (Å²) < 4.78 is 31.3. The molecule has 2 aromatic rings. The molecule has 0 saturated carbocycles. The van der Waals surface area contributed by atoms with E-state index in [0.29, 0.717) is 0 Å². The third-order valence-electron chi connectivity index (χ3n) is 6.40. The van der Waals surface area contributed by atoms with E-state index in [2.05, 4.69) is 21.5 Å². The van der Waals surface area contributed by atoms with E-state index < -0.39 is 34.4 Å². The quantitative estimate of drug-likeness (QED) is 0.604. The molecule has 0 spiro atoms. The van der Waals surface area contributed by atoms with Crippen LogP contribution < -0.4 is 15.7 Å². The van der Waals surface area contributed by atoms with E-state index in [1.54, 1.807) is 16.7 Å². The number of hydroxylamine groups is 1. The van der Waals surface area contributed by atoms with Crippen molar-refractivity contribution in [3.05, 3.63) is 88.6 Å². The molecule has 3 aliphatic rings. The average Bonchev–Trinajstić information content (AvgIpc) is 2.90. The molecule has 38 heavy (non-hydrogen) atoms. The minimum Gasteiger partial charge on any atom is -0.350 e. The van der Waals surface area contributed by atoms with Crippen molar-refractivity contribution in [2.24, 2.45) is 0 Å². The fraction of sp³-hybridized carbons (Fsp3) is 0.200. The third kappa shape index (κ3) is 4.02. The van der Waals surface area contributed by atoms with Gasteiger partial charge in [0.2, 0.25) is 5.91 Å². The predicted molar refractivity (Wildman–Crippen MR) is 133 cm³/mol. The number of piperazine rings is 1. The highest BCUT2D eigenvalue weighted by atomic mass is 19.1.